The molecule has 2 fully saturated rings. The zero-order chi connectivity index (χ0) is 21.1. The highest BCUT2D eigenvalue weighted by atomic mass is 19.1. The molecule has 3 amide bonds. The SMILES string of the molecule is O=C1CN(/N=C/c2cc(C#Cc3ccc(N4CCCC4)cc3)cc(F)c2O)C(=O)N1. The Morgan fingerprint density at radius 3 is 2.43 bits per heavy atom. The summed E-state index contributed by atoms with van der Waals surface area (Å²) >= 11 is 0. The fraction of sp³-hybridized carbons (Fsp3) is 0.227. The van der Waals surface area contributed by atoms with Gasteiger partial charge in [-0.05, 0) is 49.2 Å². The molecule has 8 heteroatoms. The number of phenolic OH excluding ortho intramolecular Hbond substituents is 1. The largest absolute Gasteiger partial charge is 0.504 e. The highest BCUT2D eigenvalue weighted by Crippen LogP contribution is 2.22. The Bertz CT molecular complexity index is 1080. The van der Waals surface area contributed by atoms with Gasteiger partial charge in [0, 0.05) is 35.5 Å². The summed E-state index contributed by atoms with van der Waals surface area (Å²) in [5.41, 5.74) is 2.35. The fourth-order valence-corrected chi connectivity index (χ4v) is 3.32. The number of hydrogen-bond acceptors (Lipinski definition) is 5. The lowest BCUT2D eigenvalue weighted by Crippen LogP contribution is -2.24. The monoisotopic (exact) mass is 406 g/mol. The predicted molar refractivity (Wildman–Crippen MR) is 110 cm³/mol. The van der Waals surface area contributed by atoms with Gasteiger partial charge in [-0.15, -0.1) is 0 Å². The number of phenols is 1. The summed E-state index contributed by atoms with van der Waals surface area (Å²) in [7, 11) is 0. The van der Waals surface area contributed by atoms with E-state index in [-0.39, 0.29) is 12.1 Å². The quantitative estimate of drug-likeness (QED) is 0.466. The van der Waals surface area contributed by atoms with Crippen LogP contribution in [0.25, 0.3) is 0 Å². The number of urea groups is 1. The van der Waals surface area contributed by atoms with E-state index in [4.69, 9.17) is 0 Å². The van der Waals surface area contributed by atoms with E-state index < -0.39 is 23.5 Å². The van der Waals surface area contributed by atoms with E-state index in [1.54, 1.807) is 0 Å². The number of carbonyl (C=O) groups is 2. The van der Waals surface area contributed by atoms with Gasteiger partial charge in [0.25, 0.3) is 0 Å². The van der Waals surface area contributed by atoms with Crippen molar-refractivity contribution in [2.75, 3.05) is 24.5 Å². The van der Waals surface area contributed by atoms with Crippen LogP contribution in [0.1, 0.15) is 29.5 Å². The molecule has 0 bridgehead atoms. The second-order valence-electron chi connectivity index (χ2n) is 7.04. The maximum absolute atomic E-state index is 14.1. The van der Waals surface area contributed by atoms with Crippen molar-refractivity contribution in [3.63, 3.8) is 0 Å². The minimum atomic E-state index is -0.852. The van der Waals surface area contributed by atoms with Crippen LogP contribution in [0.2, 0.25) is 0 Å². The van der Waals surface area contributed by atoms with Crippen molar-refractivity contribution >= 4 is 23.8 Å². The Labute approximate surface area is 172 Å². The first-order chi connectivity index (χ1) is 14.5. The lowest BCUT2D eigenvalue weighted by molar-refractivity contribution is -0.118. The Morgan fingerprint density at radius 1 is 1.07 bits per heavy atom. The third-order valence-corrected chi connectivity index (χ3v) is 4.89. The summed E-state index contributed by atoms with van der Waals surface area (Å²) in [5.74, 6) is 3.92. The molecule has 0 saturated carbocycles. The first-order valence-corrected chi connectivity index (χ1v) is 9.54. The molecule has 2 aliphatic rings. The van der Waals surface area contributed by atoms with Crippen molar-refractivity contribution in [3.05, 3.63) is 58.9 Å². The molecule has 7 nitrogen and oxygen atoms in total. The topological polar surface area (TPSA) is 85.2 Å². The minimum absolute atomic E-state index is 0.0517. The fourth-order valence-electron chi connectivity index (χ4n) is 3.32. The molecule has 4 rings (SSSR count). The van der Waals surface area contributed by atoms with Gasteiger partial charge in [0.1, 0.15) is 6.54 Å². The van der Waals surface area contributed by atoms with Crippen LogP contribution in [-0.4, -0.2) is 47.9 Å². The number of aromatic hydroxyl groups is 1. The average molecular weight is 406 g/mol. The van der Waals surface area contributed by atoms with Crippen LogP contribution in [0.3, 0.4) is 0 Å². The van der Waals surface area contributed by atoms with Crippen molar-refractivity contribution in [1.82, 2.24) is 10.3 Å². The number of imide groups is 1. The molecule has 0 unspecified atom stereocenters. The van der Waals surface area contributed by atoms with E-state index in [1.807, 2.05) is 24.3 Å². The number of rotatable bonds is 3. The summed E-state index contributed by atoms with van der Waals surface area (Å²) in [5, 5.41) is 16.7. The van der Waals surface area contributed by atoms with E-state index >= 15 is 0 Å². The summed E-state index contributed by atoms with van der Waals surface area (Å²) < 4.78 is 14.1. The van der Waals surface area contributed by atoms with E-state index in [0.717, 1.165) is 41.6 Å². The van der Waals surface area contributed by atoms with Gasteiger partial charge < -0.3 is 10.0 Å². The van der Waals surface area contributed by atoms with Crippen molar-refractivity contribution in [2.45, 2.75) is 12.8 Å². The second-order valence-corrected chi connectivity index (χ2v) is 7.04. The lowest BCUT2D eigenvalue weighted by atomic mass is 10.1. The summed E-state index contributed by atoms with van der Waals surface area (Å²) in [4.78, 5) is 25.0. The van der Waals surface area contributed by atoms with Crippen LogP contribution in [-0.2, 0) is 4.79 Å². The van der Waals surface area contributed by atoms with Crippen LogP contribution < -0.4 is 10.2 Å². The molecule has 2 heterocycles. The Kier molecular flexibility index (Phi) is 5.35. The molecule has 0 atom stereocenters. The first kappa shape index (κ1) is 19.5. The number of nitrogens with one attached hydrogen (secondary N) is 1. The van der Waals surface area contributed by atoms with E-state index in [0.29, 0.717) is 5.56 Å². The van der Waals surface area contributed by atoms with Crippen LogP contribution in [0.4, 0.5) is 14.9 Å². The summed E-state index contributed by atoms with van der Waals surface area (Å²) in [6.45, 7) is 1.90. The van der Waals surface area contributed by atoms with Crippen LogP contribution in [0.15, 0.2) is 41.5 Å². The Balaban J connectivity index is 1.52. The number of benzene rings is 2. The van der Waals surface area contributed by atoms with Gasteiger partial charge in [-0.1, -0.05) is 11.8 Å². The maximum Gasteiger partial charge on any atom is 0.344 e. The Hall–Kier alpha value is -3.86. The average Bonchev–Trinajstić information content (AvgIpc) is 3.38. The number of carbonyl (C=O) groups excluding carboxylic acids is 2. The summed E-state index contributed by atoms with van der Waals surface area (Å²) in [6, 6.07) is 9.80. The molecular formula is C22H19FN4O3. The van der Waals surface area contributed by atoms with Gasteiger partial charge in [-0.25, -0.2) is 14.2 Å². The predicted octanol–water partition coefficient (Wildman–Crippen LogP) is 2.42. The molecule has 2 aliphatic heterocycles. The standard InChI is InChI=1S/C22H19FN4O3/c23-19-12-16(4-3-15-5-7-18(8-6-15)26-9-1-2-10-26)11-17(21(19)29)13-24-27-14-20(28)25-22(27)30/h5-8,11-13,29H,1-2,9-10,14H2,(H,25,28,30)/b24-13+. The number of amides is 3. The number of hydrogen-bond donors (Lipinski definition) is 2. The third kappa shape index (κ3) is 4.25. The minimum Gasteiger partial charge on any atom is -0.504 e. The molecule has 2 aromatic rings. The van der Waals surface area contributed by atoms with Gasteiger partial charge in [0.15, 0.2) is 11.6 Å². The van der Waals surface area contributed by atoms with Crippen molar-refractivity contribution < 1.29 is 19.1 Å². The highest BCUT2D eigenvalue weighted by molar-refractivity contribution is 6.02. The maximum atomic E-state index is 14.1. The number of nitrogens with zero attached hydrogens (tertiary/aromatic N) is 3. The molecule has 2 N–H and O–H groups in total. The lowest BCUT2D eigenvalue weighted by Gasteiger charge is -2.17. The molecular weight excluding hydrogens is 387 g/mol. The Morgan fingerprint density at radius 2 is 1.77 bits per heavy atom. The smallest absolute Gasteiger partial charge is 0.344 e. The van der Waals surface area contributed by atoms with Gasteiger partial charge in [-0.3, -0.25) is 10.1 Å². The van der Waals surface area contributed by atoms with Crippen molar-refractivity contribution in [1.29, 1.82) is 0 Å². The van der Waals surface area contributed by atoms with E-state index in [2.05, 4.69) is 27.2 Å². The van der Waals surface area contributed by atoms with Gasteiger partial charge >= 0.3 is 6.03 Å². The first-order valence-electron chi connectivity index (χ1n) is 9.54. The summed E-state index contributed by atoms with van der Waals surface area (Å²) in [6.07, 6.45) is 3.53. The van der Waals surface area contributed by atoms with Crippen LogP contribution >= 0.6 is 0 Å². The van der Waals surface area contributed by atoms with Crippen molar-refractivity contribution in [2.24, 2.45) is 5.10 Å². The normalized spacial score (nSPS) is 16.2. The van der Waals surface area contributed by atoms with Crippen LogP contribution in [0.5, 0.6) is 5.75 Å². The molecule has 2 saturated heterocycles. The van der Waals surface area contributed by atoms with Gasteiger partial charge in [0.2, 0.25) is 5.91 Å². The second kappa shape index (κ2) is 8.25. The molecule has 2 aromatic carbocycles. The molecule has 0 aliphatic carbocycles. The molecule has 0 spiro atoms. The third-order valence-electron chi connectivity index (χ3n) is 4.89. The van der Waals surface area contributed by atoms with Crippen LogP contribution in [0, 0.1) is 17.7 Å². The molecule has 30 heavy (non-hydrogen) atoms. The zero-order valence-corrected chi connectivity index (χ0v) is 16.1. The number of anilines is 1. The number of halogens is 1. The van der Waals surface area contributed by atoms with Crippen molar-refractivity contribution in [3.8, 4) is 17.6 Å². The molecule has 0 radical (unpaired) electrons. The molecule has 152 valence electrons. The van der Waals surface area contributed by atoms with E-state index in [9.17, 15) is 19.1 Å². The zero-order valence-electron chi connectivity index (χ0n) is 16.1. The molecule has 0 aromatic heterocycles. The highest BCUT2D eigenvalue weighted by Gasteiger charge is 2.26. The van der Waals surface area contributed by atoms with Gasteiger partial charge in [0.05, 0.1) is 6.21 Å². The van der Waals surface area contributed by atoms with E-state index in [1.165, 1.54) is 18.9 Å². The number of hydrazone groups is 1. The van der Waals surface area contributed by atoms with Gasteiger partial charge in [-0.2, -0.15) is 5.10 Å².